The summed E-state index contributed by atoms with van der Waals surface area (Å²) in [4.78, 5) is 32.5. The minimum absolute atomic E-state index is 0.0214. The molecule has 0 radical (unpaired) electrons. The molecule has 0 aliphatic rings. The average molecular weight is 436 g/mol. The zero-order valence-corrected chi connectivity index (χ0v) is 17.6. The molecule has 9 heteroatoms. The smallest absolute Gasteiger partial charge is 0.355 e. The lowest BCUT2D eigenvalue weighted by atomic mass is 10.2. The van der Waals surface area contributed by atoms with E-state index in [-0.39, 0.29) is 18.0 Å². The molecule has 0 saturated carbocycles. The van der Waals surface area contributed by atoms with Crippen LogP contribution in [0.5, 0.6) is 5.75 Å². The minimum Gasteiger partial charge on any atom is -0.494 e. The number of benzene rings is 2. The predicted octanol–water partition coefficient (Wildman–Crippen LogP) is 4.29. The van der Waals surface area contributed by atoms with Gasteiger partial charge in [-0.1, -0.05) is 12.1 Å². The first-order valence-corrected chi connectivity index (χ1v) is 10.6. The highest BCUT2D eigenvalue weighted by molar-refractivity contribution is 7.13. The van der Waals surface area contributed by atoms with Gasteiger partial charge in [-0.15, -0.1) is 11.3 Å². The van der Waals surface area contributed by atoms with Crippen LogP contribution in [-0.2, 0) is 11.3 Å². The molecule has 4 aromatic rings. The number of hydrogen-bond acceptors (Lipinski definition) is 6. The van der Waals surface area contributed by atoms with Crippen molar-refractivity contribution in [2.45, 2.75) is 19.9 Å². The van der Waals surface area contributed by atoms with E-state index in [9.17, 15) is 14.7 Å². The summed E-state index contributed by atoms with van der Waals surface area (Å²) in [7, 11) is 0. The number of aryl methyl sites for hydroxylation is 1. The molecule has 2 N–H and O–H groups in total. The molecule has 0 bridgehead atoms. The maximum Gasteiger partial charge on any atom is 0.355 e. The summed E-state index contributed by atoms with van der Waals surface area (Å²) in [5.74, 6) is 0.0740. The number of para-hydroxylation sites is 2. The van der Waals surface area contributed by atoms with Crippen molar-refractivity contribution in [1.82, 2.24) is 14.5 Å². The van der Waals surface area contributed by atoms with Gasteiger partial charge in [0.15, 0.2) is 16.5 Å². The fourth-order valence-electron chi connectivity index (χ4n) is 3.18. The normalized spacial score (nSPS) is 10.9. The number of imidazole rings is 1. The summed E-state index contributed by atoms with van der Waals surface area (Å²) in [6, 6.07) is 14.8. The number of nitrogens with one attached hydrogen (secondary N) is 1. The molecule has 2 aromatic heterocycles. The molecule has 8 nitrogen and oxygen atoms in total. The number of fused-ring (bicyclic) bond motifs is 1. The topological polar surface area (TPSA) is 106 Å². The second-order valence-electron chi connectivity index (χ2n) is 6.67. The van der Waals surface area contributed by atoms with E-state index in [2.05, 4.69) is 15.3 Å². The van der Waals surface area contributed by atoms with Crippen LogP contribution in [0, 0.1) is 0 Å². The highest BCUT2D eigenvalue weighted by atomic mass is 32.1. The molecule has 0 saturated heterocycles. The van der Waals surface area contributed by atoms with Crippen molar-refractivity contribution in [3.63, 3.8) is 0 Å². The molecule has 0 aliphatic heterocycles. The van der Waals surface area contributed by atoms with Gasteiger partial charge in [0.2, 0.25) is 5.91 Å². The summed E-state index contributed by atoms with van der Waals surface area (Å²) >= 11 is 1.21. The van der Waals surface area contributed by atoms with Gasteiger partial charge < -0.3 is 19.7 Å². The van der Waals surface area contributed by atoms with Crippen molar-refractivity contribution in [3.8, 4) is 16.6 Å². The Hall–Kier alpha value is -3.72. The fraction of sp³-hybridized carbons (Fsp3) is 0.182. The van der Waals surface area contributed by atoms with E-state index in [4.69, 9.17) is 4.74 Å². The third kappa shape index (κ3) is 4.56. The number of carboxylic acid groups (broad SMARTS) is 1. The van der Waals surface area contributed by atoms with Crippen LogP contribution in [-0.4, -0.2) is 38.1 Å². The summed E-state index contributed by atoms with van der Waals surface area (Å²) in [5.41, 5.74) is 2.29. The number of carbonyl (C=O) groups is 2. The maximum absolute atomic E-state index is 12.5. The Labute approximate surface area is 182 Å². The maximum atomic E-state index is 12.5. The molecule has 0 unspecified atom stereocenters. The van der Waals surface area contributed by atoms with E-state index in [1.54, 1.807) is 12.1 Å². The number of ether oxygens (including phenoxy) is 1. The van der Waals surface area contributed by atoms with Crippen molar-refractivity contribution in [3.05, 3.63) is 59.6 Å². The number of rotatable bonds is 8. The number of carboxylic acids is 1. The number of nitrogens with zero attached hydrogens (tertiary/aromatic N) is 3. The molecule has 0 aliphatic carbocycles. The lowest BCUT2D eigenvalue weighted by molar-refractivity contribution is -0.116. The van der Waals surface area contributed by atoms with Crippen LogP contribution >= 0.6 is 11.3 Å². The van der Waals surface area contributed by atoms with Gasteiger partial charge in [-0.25, -0.2) is 14.8 Å². The molecular formula is C22H20N4O4S. The van der Waals surface area contributed by atoms with E-state index in [0.717, 1.165) is 16.8 Å². The zero-order chi connectivity index (χ0) is 21.8. The minimum atomic E-state index is -1.08. The molecule has 158 valence electrons. The predicted molar refractivity (Wildman–Crippen MR) is 119 cm³/mol. The summed E-state index contributed by atoms with van der Waals surface area (Å²) in [6.07, 6.45) is 0.220. The molecule has 0 spiro atoms. The first kappa shape index (κ1) is 20.5. The van der Waals surface area contributed by atoms with Crippen molar-refractivity contribution in [1.29, 1.82) is 0 Å². The first-order valence-electron chi connectivity index (χ1n) is 9.72. The Kier molecular flexibility index (Phi) is 5.94. The van der Waals surface area contributed by atoms with Crippen molar-refractivity contribution >= 4 is 39.9 Å². The zero-order valence-electron chi connectivity index (χ0n) is 16.7. The van der Waals surface area contributed by atoms with Gasteiger partial charge >= 0.3 is 5.97 Å². The summed E-state index contributed by atoms with van der Waals surface area (Å²) < 4.78 is 7.31. The standard InChI is InChI=1S/C22H20N4O4S/c1-2-30-15-9-7-14(8-10-15)23-19(27)11-12-26-18-6-4-3-5-16(18)24-20(26)21-25-17(13-31-21)22(28)29/h3-10,13H,2,11-12H2,1H3,(H,23,27)(H,28,29). The van der Waals surface area contributed by atoms with Crippen molar-refractivity contribution in [2.24, 2.45) is 0 Å². The SMILES string of the molecule is CCOc1ccc(NC(=O)CCn2c(-c3nc(C(=O)O)cs3)nc3ccccc32)cc1. The first-order chi connectivity index (χ1) is 15.0. The Morgan fingerprint density at radius 2 is 1.90 bits per heavy atom. The van der Waals surface area contributed by atoms with Crippen LogP contribution in [0.15, 0.2) is 53.9 Å². The quantitative estimate of drug-likeness (QED) is 0.427. The number of hydrogen-bond donors (Lipinski definition) is 2. The third-order valence-electron chi connectivity index (χ3n) is 4.58. The largest absolute Gasteiger partial charge is 0.494 e. The van der Waals surface area contributed by atoms with Crippen LogP contribution < -0.4 is 10.1 Å². The Bertz CT molecular complexity index is 1230. The van der Waals surface area contributed by atoms with Gasteiger partial charge in [0.25, 0.3) is 0 Å². The number of carbonyl (C=O) groups excluding carboxylic acids is 1. The molecular weight excluding hydrogens is 416 g/mol. The number of amides is 1. The highest BCUT2D eigenvalue weighted by Gasteiger charge is 2.18. The lowest BCUT2D eigenvalue weighted by Crippen LogP contribution is -2.15. The van der Waals surface area contributed by atoms with E-state index in [1.165, 1.54) is 16.7 Å². The van der Waals surface area contributed by atoms with E-state index in [1.807, 2.05) is 47.9 Å². The Morgan fingerprint density at radius 1 is 1.13 bits per heavy atom. The lowest BCUT2D eigenvalue weighted by Gasteiger charge is -2.09. The Balaban J connectivity index is 1.53. The summed E-state index contributed by atoms with van der Waals surface area (Å²) in [5, 5.41) is 14.0. The van der Waals surface area contributed by atoms with Crippen LogP contribution in [0.1, 0.15) is 23.8 Å². The second kappa shape index (κ2) is 8.97. The van der Waals surface area contributed by atoms with Gasteiger partial charge in [0, 0.05) is 24.0 Å². The van der Waals surface area contributed by atoms with E-state index in [0.29, 0.717) is 29.7 Å². The molecule has 2 heterocycles. The van der Waals surface area contributed by atoms with Gasteiger partial charge in [-0.2, -0.15) is 0 Å². The highest BCUT2D eigenvalue weighted by Crippen LogP contribution is 2.28. The second-order valence-corrected chi connectivity index (χ2v) is 7.53. The van der Waals surface area contributed by atoms with E-state index < -0.39 is 5.97 Å². The van der Waals surface area contributed by atoms with Crippen LogP contribution in [0.2, 0.25) is 0 Å². The molecule has 2 aromatic carbocycles. The fourth-order valence-corrected chi connectivity index (χ4v) is 3.97. The molecule has 0 atom stereocenters. The van der Waals surface area contributed by atoms with Gasteiger partial charge in [-0.05, 0) is 43.3 Å². The third-order valence-corrected chi connectivity index (χ3v) is 5.42. The monoisotopic (exact) mass is 436 g/mol. The van der Waals surface area contributed by atoms with Gasteiger partial charge in [0.05, 0.1) is 17.6 Å². The molecule has 4 rings (SSSR count). The van der Waals surface area contributed by atoms with Crippen LogP contribution in [0.4, 0.5) is 5.69 Å². The van der Waals surface area contributed by atoms with Crippen molar-refractivity contribution < 1.29 is 19.4 Å². The molecule has 0 fully saturated rings. The number of aromatic nitrogens is 3. The number of thiazole rings is 1. The molecule has 1 amide bonds. The summed E-state index contributed by atoms with van der Waals surface area (Å²) in [6.45, 7) is 2.87. The average Bonchev–Trinajstić information content (AvgIpc) is 3.39. The van der Waals surface area contributed by atoms with E-state index >= 15 is 0 Å². The molecule has 31 heavy (non-hydrogen) atoms. The number of anilines is 1. The van der Waals surface area contributed by atoms with Gasteiger partial charge in [0.1, 0.15) is 5.75 Å². The van der Waals surface area contributed by atoms with Crippen molar-refractivity contribution in [2.75, 3.05) is 11.9 Å². The van der Waals surface area contributed by atoms with Crippen LogP contribution in [0.3, 0.4) is 0 Å². The van der Waals surface area contributed by atoms with Gasteiger partial charge in [-0.3, -0.25) is 4.79 Å². The van der Waals surface area contributed by atoms with Crippen LogP contribution in [0.25, 0.3) is 21.9 Å². The Morgan fingerprint density at radius 3 is 2.61 bits per heavy atom. The number of aromatic carboxylic acids is 1.